The van der Waals surface area contributed by atoms with Crippen LogP contribution in [0.1, 0.15) is 16.7 Å². The fraction of sp³-hybridized carbons (Fsp3) is 0.350. The Kier molecular flexibility index (Phi) is 8.25. The van der Waals surface area contributed by atoms with Gasteiger partial charge < -0.3 is 15.4 Å². The zero-order valence-corrected chi connectivity index (χ0v) is 15.5. The summed E-state index contributed by atoms with van der Waals surface area (Å²) in [5, 5.41) is 6.22. The number of aliphatic imine (C=N–C) groups is 1. The van der Waals surface area contributed by atoms with Crippen molar-refractivity contribution in [2.75, 3.05) is 20.2 Å². The van der Waals surface area contributed by atoms with Crippen molar-refractivity contribution in [2.24, 2.45) is 4.99 Å². The van der Waals surface area contributed by atoms with Crippen molar-refractivity contribution in [3.8, 4) is 0 Å². The molecule has 8 heteroatoms. The smallest absolute Gasteiger partial charge is 0.367 e. The molecule has 0 spiro atoms. The highest BCUT2D eigenvalue weighted by molar-refractivity contribution is 5.79. The van der Waals surface area contributed by atoms with Crippen LogP contribution >= 0.6 is 0 Å². The van der Waals surface area contributed by atoms with Gasteiger partial charge in [0, 0.05) is 20.1 Å². The van der Waals surface area contributed by atoms with Gasteiger partial charge in [0.1, 0.15) is 12.4 Å². The van der Waals surface area contributed by atoms with Gasteiger partial charge in [-0.1, -0.05) is 42.5 Å². The zero-order valence-electron chi connectivity index (χ0n) is 15.5. The molecule has 28 heavy (non-hydrogen) atoms. The van der Waals surface area contributed by atoms with Crippen molar-refractivity contribution in [3.63, 3.8) is 0 Å². The molecule has 0 fully saturated rings. The minimum atomic E-state index is -4.33. The normalized spacial score (nSPS) is 12.1. The molecule has 4 nitrogen and oxygen atoms in total. The van der Waals surface area contributed by atoms with Crippen molar-refractivity contribution in [2.45, 2.75) is 25.7 Å². The first-order valence-electron chi connectivity index (χ1n) is 8.77. The van der Waals surface area contributed by atoms with E-state index in [4.69, 9.17) is 0 Å². The number of benzene rings is 2. The highest BCUT2D eigenvalue weighted by Gasteiger charge is 2.27. The lowest BCUT2D eigenvalue weighted by Crippen LogP contribution is -2.37. The largest absolute Gasteiger partial charge is 0.411 e. The van der Waals surface area contributed by atoms with E-state index in [1.54, 1.807) is 43.4 Å². The summed E-state index contributed by atoms with van der Waals surface area (Å²) in [5.41, 5.74) is 2.16. The number of nitrogens with zero attached hydrogens (tertiary/aromatic N) is 1. The average molecular weight is 397 g/mol. The Balaban J connectivity index is 1.78. The number of halogens is 4. The van der Waals surface area contributed by atoms with Crippen molar-refractivity contribution < 1.29 is 22.3 Å². The van der Waals surface area contributed by atoms with Gasteiger partial charge in [-0.3, -0.25) is 4.99 Å². The predicted octanol–water partition coefficient (Wildman–Crippen LogP) is 3.81. The minimum Gasteiger partial charge on any atom is -0.367 e. The maximum atomic E-state index is 13.6. The first kappa shape index (κ1) is 21.7. The Hall–Kier alpha value is -2.61. The third-order valence-corrected chi connectivity index (χ3v) is 3.85. The van der Waals surface area contributed by atoms with E-state index in [1.807, 2.05) is 6.07 Å². The molecule has 0 saturated carbocycles. The van der Waals surface area contributed by atoms with Crippen LogP contribution in [0, 0.1) is 5.82 Å². The van der Waals surface area contributed by atoms with Crippen LogP contribution in [0.3, 0.4) is 0 Å². The highest BCUT2D eigenvalue weighted by atomic mass is 19.4. The summed E-state index contributed by atoms with van der Waals surface area (Å²) in [6.07, 6.45) is -3.82. The van der Waals surface area contributed by atoms with E-state index in [0.717, 1.165) is 5.56 Å². The molecule has 0 aliphatic heterocycles. The molecular weight excluding hydrogens is 374 g/mol. The van der Waals surface area contributed by atoms with Gasteiger partial charge in [0.15, 0.2) is 5.96 Å². The van der Waals surface area contributed by atoms with Gasteiger partial charge in [0.25, 0.3) is 0 Å². The number of hydrogen-bond acceptors (Lipinski definition) is 2. The third-order valence-electron chi connectivity index (χ3n) is 3.85. The Bertz CT molecular complexity index is 778. The Labute approximate surface area is 161 Å². The van der Waals surface area contributed by atoms with E-state index >= 15 is 0 Å². The lowest BCUT2D eigenvalue weighted by atomic mass is 10.1. The average Bonchev–Trinajstić information content (AvgIpc) is 2.65. The van der Waals surface area contributed by atoms with E-state index in [1.165, 1.54) is 6.07 Å². The van der Waals surface area contributed by atoms with Crippen LogP contribution in [0.2, 0.25) is 0 Å². The number of hydrogen-bond donors (Lipinski definition) is 2. The maximum Gasteiger partial charge on any atom is 0.411 e. The van der Waals surface area contributed by atoms with E-state index in [2.05, 4.69) is 20.4 Å². The first-order chi connectivity index (χ1) is 13.4. The lowest BCUT2D eigenvalue weighted by Gasteiger charge is -2.13. The van der Waals surface area contributed by atoms with Crippen LogP contribution in [-0.4, -0.2) is 32.3 Å². The standard InChI is InChI=1S/C20H23F4N3O/c1-25-19(26-10-9-17-7-2-3-8-18(17)21)27-12-15-5-4-6-16(11-15)13-28-14-20(22,23)24/h2-8,11H,9-10,12-14H2,1H3,(H2,25,26,27). The van der Waals surface area contributed by atoms with Crippen LogP contribution in [0.4, 0.5) is 17.6 Å². The van der Waals surface area contributed by atoms with Crippen LogP contribution in [0.5, 0.6) is 0 Å². The second-order valence-corrected chi connectivity index (χ2v) is 6.12. The molecule has 0 aromatic heterocycles. The van der Waals surface area contributed by atoms with Gasteiger partial charge in [-0.2, -0.15) is 13.2 Å². The van der Waals surface area contributed by atoms with Gasteiger partial charge in [-0.25, -0.2) is 4.39 Å². The summed E-state index contributed by atoms with van der Waals surface area (Å²) in [6.45, 7) is -0.435. The summed E-state index contributed by atoms with van der Waals surface area (Å²) in [4.78, 5) is 4.11. The Morgan fingerprint density at radius 3 is 2.50 bits per heavy atom. The molecule has 2 aromatic rings. The molecule has 152 valence electrons. The number of nitrogens with one attached hydrogen (secondary N) is 2. The van der Waals surface area contributed by atoms with Crippen LogP contribution in [0.15, 0.2) is 53.5 Å². The Morgan fingerprint density at radius 1 is 1.04 bits per heavy atom. The quantitative estimate of drug-likeness (QED) is 0.405. The number of ether oxygens (including phenoxy) is 1. The molecule has 0 aliphatic rings. The maximum absolute atomic E-state index is 13.6. The van der Waals surface area contributed by atoms with Crippen LogP contribution in [-0.2, 0) is 24.3 Å². The summed E-state index contributed by atoms with van der Waals surface area (Å²) < 4.78 is 54.7. The van der Waals surface area contributed by atoms with Gasteiger partial charge in [0.05, 0.1) is 6.61 Å². The molecule has 0 amide bonds. The van der Waals surface area contributed by atoms with Crippen molar-refractivity contribution >= 4 is 5.96 Å². The molecule has 0 aliphatic carbocycles. The number of alkyl halides is 3. The van der Waals surface area contributed by atoms with E-state index in [-0.39, 0.29) is 12.4 Å². The first-order valence-corrected chi connectivity index (χ1v) is 8.77. The second kappa shape index (κ2) is 10.7. The summed E-state index contributed by atoms with van der Waals surface area (Å²) in [6, 6.07) is 13.7. The van der Waals surface area contributed by atoms with Crippen molar-refractivity contribution in [1.82, 2.24) is 10.6 Å². The third kappa shape index (κ3) is 7.96. The fourth-order valence-corrected chi connectivity index (χ4v) is 2.54. The van der Waals surface area contributed by atoms with Crippen LogP contribution in [0.25, 0.3) is 0 Å². The van der Waals surface area contributed by atoms with Gasteiger partial charge in [-0.05, 0) is 29.2 Å². The van der Waals surface area contributed by atoms with Crippen molar-refractivity contribution in [3.05, 3.63) is 71.0 Å². The minimum absolute atomic E-state index is 0.108. The molecule has 0 heterocycles. The molecule has 0 unspecified atom stereocenters. The molecule has 2 rings (SSSR count). The summed E-state index contributed by atoms with van der Waals surface area (Å²) in [7, 11) is 1.62. The Morgan fingerprint density at radius 2 is 1.79 bits per heavy atom. The van der Waals surface area contributed by atoms with Gasteiger partial charge >= 0.3 is 6.18 Å². The monoisotopic (exact) mass is 397 g/mol. The second-order valence-electron chi connectivity index (χ2n) is 6.12. The lowest BCUT2D eigenvalue weighted by molar-refractivity contribution is -0.176. The topological polar surface area (TPSA) is 45.7 Å². The number of guanidine groups is 1. The molecule has 2 N–H and O–H groups in total. The van der Waals surface area contributed by atoms with Crippen molar-refractivity contribution in [1.29, 1.82) is 0 Å². The molecule has 0 radical (unpaired) electrons. The highest BCUT2D eigenvalue weighted by Crippen LogP contribution is 2.16. The molecule has 0 atom stereocenters. The summed E-state index contributed by atoms with van der Waals surface area (Å²) in [5.74, 6) is 0.312. The molecular formula is C20H23F4N3O. The predicted molar refractivity (Wildman–Crippen MR) is 100 cm³/mol. The number of rotatable bonds is 8. The molecule has 0 bridgehead atoms. The van der Waals surface area contributed by atoms with Gasteiger partial charge in [-0.15, -0.1) is 0 Å². The van der Waals surface area contributed by atoms with Crippen LogP contribution < -0.4 is 10.6 Å². The van der Waals surface area contributed by atoms with Gasteiger partial charge in [0.2, 0.25) is 0 Å². The summed E-state index contributed by atoms with van der Waals surface area (Å²) >= 11 is 0. The fourth-order valence-electron chi connectivity index (χ4n) is 2.54. The van der Waals surface area contributed by atoms with E-state index in [0.29, 0.717) is 36.6 Å². The SMILES string of the molecule is CN=C(NCCc1ccccc1F)NCc1cccc(COCC(F)(F)F)c1. The molecule has 2 aromatic carbocycles. The van der Waals surface area contributed by atoms with E-state index < -0.39 is 12.8 Å². The van der Waals surface area contributed by atoms with E-state index in [9.17, 15) is 17.6 Å². The zero-order chi connectivity index (χ0) is 20.4. The molecule has 0 saturated heterocycles.